The zero-order valence-electron chi connectivity index (χ0n) is 16.1. The topological polar surface area (TPSA) is 80.4 Å². The molecule has 2 rings (SSSR count). The van der Waals surface area contributed by atoms with Crippen LogP contribution in [-0.2, 0) is 4.79 Å². The zero-order chi connectivity index (χ0) is 19.5. The van der Waals surface area contributed by atoms with Gasteiger partial charge in [-0.3, -0.25) is 9.69 Å². The average Bonchev–Trinajstić information content (AvgIpc) is 2.93. The first kappa shape index (κ1) is 20.7. The van der Waals surface area contributed by atoms with Crippen molar-refractivity contribution in [2.75, 3.05) is 33.3 Å². The summed E-state index contributed by atoms with van der Waals surface area (Å²) in [7, 11) is 1.66. The molecule has 1 aromatic carbocycles. The number of methoxy groups -OCH3 is 1. The molecule has 0 radical (unpaired) electrons. The van der Waals surface area contributed by atoms with Crippen LogP contribution in [0.5, 0.6) is 5.75 Å². The number of rotatable bonds is 8. The largest absolute Gasteiger partial charge is 0.497 e. The maximum atomic E-state index is 12.9. The SMILES string of the molecule is COc1ccc(C2CCCCCN2CC(=O)N(CCC#N)CCC#N)cc1. The number of hydrogen-bond donors (Lipinski definition) is 0. The maximum Gasteiger partial charge on any atom is 0.236 e. The minimum Gasteiger partial charge on any atom is -0.497 e. The second kappa shape index (κ2) is 11.2. The number of hydrogen-bond acceptors (Lipinski definition) is 5. The number of carbonyl (C=O) groups is 1. The summed E-state index contributed by atoms with van der Waals surface area (Å²) in [5.41, 5.74) is 1.20. The Bertz CT molecular complexity index is 657. The first-order valence-electron chi connectivity index (χ1n) is 9.59. The van der Waals surface area contributed by atoms with E-state index >= 15 is 0 Å². The number of nitriles is 2. The lowest BCUT2D eigenvalue weighted by atomic mass is 10.0. The van der Waals surface area contributed by atoms with Crippen LogP contribution in [0, 0.1) is 22.7 Å². The van der Waals surface area contributed by atoms with E-state index in [0.717, 1.165) is 31.6 Å². The zero-order valence-corrected chi connectivity index (χ0v) is 16.1. The van der Waals surface area contributed by atoms with Crippen LogP contribution in [0.1, 0.15) is 50.1 Å². The van der Waals surface area contributed by atoms with Crippen molar-refractivity contribution >= 4 is 5.91 Å². The van der Waals surface area contributed by atoms with Gasteiger partial charge >= 0.3 is 0 Å². The fourth-order valence-corrected chi connectivity index (χ4v) is 3.57. The molecule has 27 heavy (non-hydrogen) atoms. The summed E-state index contributed by atoms with van der Waals surface area (Å²) < 4.78 is 5.25. The van der Waals surface area contributed by atoms with E-state index in [4.69, 9.17) is 15.3 Å². The van der Waals surface area contributed by atoms with Gasteiger partial charge in [0.15, 0.2) is 0 Å². The minimum atomic E-state index is 0.000844. The summed E-state index contributed by atoms with van der Waals surface area (Å²) in [6, 6.07) is 12.5. The van der Waals surface area contributed by atoms with Crippen LogP contribution in [0.2, 0.25) is 0 Å². The van der Waals surface area contributed by atoms with Gasteiger partial charge in [0, 0.05) is 19.1 Å². The van der Waals surface area contributed by atoms with Gasteiger partial charge in [-0.1, -0.05) is 25.0 Å². The van der Waals surface area contributed by atoms with Gasteiger partial charge in [0.25, 0.3) is 0 Å². The van der Waals surface area contributed by atoms with Gasteiger partial charge in [-0.15, -0.1) is 0 Å². The van der Waals surface area contributed by atoms with Gasteiger partial charge in [-0.05, 0) is 37.1 Å². The van der Waals surface area contributed by atoms with Crippen LogP contribution in [0.25, 0.3) is 0 Å². The van der Waals surface area contributed by atoms with Gasteiger partial charge < -0.3 is 9.64 Å². The molecule has 0 N–H and O–H groups in total. The number of ether oxygens (including phenoxy) is 1. The van der Waals surface area contributed by atoms with E-state index in [0.29, 0.717) is 32.5 Å². The molecule has 6 nitrogen and oxygen atoms in total. The van der Waals surface area contributed by atoms with E-state index in [9.17, 15) is 4.79 Å². The molecule has 6 heteroatoms. The molecule has 1 saturated heterocycles. The number of likely N-dealkylation sites (tertiary alicyclic amines) is 1. The van der Waals surface area contributed by atoms with Crippen LogP contribution in [-0.4, -0.2) is 49.0 Å². The normalized spacial score (nSPS) is 17.4. The molecular weight excluding hydrogens is 340 g/mol. The molecule has 1 fully saturated rings. The highest BCUT2D eigenvalue weighted by Crippen LogP contribution is 2.31. The Kier molecular flexibility index (Phi) is 8.61. The standard InChI is InChI=1S/C21H28N4O2/c1-27-19-10-8-18(9-11-19)20-7-3-2-4-14-25(20)17-21(26)24(15-5-12-22)16-6-13-23/h8-11,20H,2-7,14-17H2,1H3. The van der Waals surface area contributed by atoms with Crippen molar-refractivity contribution in [3.8, 4) is 17.9 Å². The van der Waals surface area contributed by atoms with E-state index in [1.54, 1.807) is 12.0 Å². The van der Waals surface area contributed by atoms with Crippen molar-refractivity contribution in [3.05, 3.63) is 29.8 Å². The van der Waals surface area contributed by atoms with E-state index in [1.807, 2.05) is 12.1 Å². The summed E-state index contributed by atoms with van der Waals surface area (Å²) in [5, 5.41) is 17.7. The Hall–Kier alpha value is -2.57. The molecule has 0 bridgehead atoms. The molecule has 1 unspecified atom stereocenters. The van der Waals surface area contributed by atoms with Crippen molar-refractivity contribution < 1.29 is 9.53 Å². The average molecular weight is 368 g/mol. The molecule has 144 valence electrons. The van der Waals surface area contributed by atoms with Crippen LogP contribution in [0.3, 0.4) is 0 Å². The summed E-state index contributed by atoms with van der Waals surface area (Å²) in [4.78, 5) is 16.8. The van der Waals surface area contributed by atoms with Gasteiger partial charge in [0.1, 0.15) is 5.75 Å². The number of benzene rings is 1. The fourth-order valence-electron chi connectivity index (χ4n) is 3.57. The highest BCUT2D eigenvalue weighted by atomic mass is 16.5. The smallest absolute Gasteiger partial charge is 0.236 e. The van der Waals surface area contributed by atoms with Crippen molar-refractivity contribution in [2.45, 2.75) is 44.6 Å². The van der Waals surface area contributed by atoms with Gasteiger partial charge in [0.2, 0.25) is 5.91 Å². The predicted octanol–water partition coefficient (Wildman–Crippen LogP) is 3.27. The third-order valence-electron chi connectivity index (χ3n) is 5.04. The van der Waals surface area contributed by atoms with Crippen molar-refractivity contribution in [1.29, 1.82) is 10.5 Å². The van der Waals surface area contributed by atoms with Gasteiger partial charge in [0.05, 0.1) is 38.6 Å². The molecule has 0 aliphatic carbocycles. The second-order valence-electron chi connectivity index (χ2n) is 6.81. The van der Waals surface area contributed by atoms with E-state index in [2.05, 4.69) is 29.2 Å². The maximum absolute atomic E-state index is 12.9. The first-order chi connectivity index (χ1) is 13.2. The molecule has 1 aliphatic heterocycles. The summed E-state index contributed by atoms with van der Waals surface area (Å²) in [5.74, 6) is 0.829. The molecule has 1 atom stereocenters. The third kappa shape index (κ3) is 6.27. The van der Waals surface area contributed by atoms with Crippen molar-refractivity contribution in [3.63, 3.8) is 0 Å². The fraction of sp³-hybridized carbons (Fsp3) is 0.571. The summed E-state index contributed by atoms with van der Waals surface area (Å²) in [6.45, 7) is 1.98. The molecule has 1 aliphatic rings. The van der Waals surface area contributed by atoms with Crippen LogP contribution in [0.15, 0.2) is 24.3 Å². The van der Waals surface area contributed by atoms with Gasteiger partial charge in [-0.2, -0.15) is 10.5 Å². The Morgan fingerprint density at radius 1 is 1.15 bits per heavy atom. The lowest BCUT2D eigenvalue weighted by molar-refractivity contribution is -0.133. The molecular formula is C21H28N4O2. The second-order valence-corrected chi connectivity index (χ2v) is 6.81. The van der Waals surface area contributed by atoms with Crippen molar-refractivity contribution in [2.24, 2.45) is 0 Å². The molecule has 1 heterocycles. The lowest BCUT2D eigenvalue weighted by Gasteiger charge is -2.32. The Morgan fingerprint density at radius 3 is 2.41 bits per heavy atom. The Balaban J connectivity index is 2.11. The molecule has 0 saturated carbocycles. The monoisotopic (exact) mass is 368 g/mol. The summed E-state index contributed by atoms with van der Waals surface area (Å²) in [6.07, 6.45) is 5.00. The summed E-state index contributed by atoms with van der Waals surface area (Å²) >= 11 is 0. The molecule has 0 spiro atoms. The third-order valence-corrected chi connectivity index (χ3v) is 5.04. The highest BCUT2D eigenvalue weighted by Gasteiger charge is 2.26. The van der Waals surface area contributed by atoms with E-state index in [1.165, 1.54) is 12.0 Å². The Labute approximate surface area is 161 Å². The molecule has 1 aromatic rings. The minimum absolute atomic E-state index is 0.000844. The van der Waals surface area contributed by atoms with Crippen LogP contribution in [0.4, 0.5) is 0 Å². The van der Waals surface area contributed by atoms with Gasteiger partial charge in [-0.25, -0.2) is 0 Å². The number of amides is 1. The quantitative estimate of drug-likeness (QED) is 0.703. The Morgan fingerprint density at radius 2 is 1.81 bits per heavy atom. The van der Waals surface area contributed by atoms with Crippen LogP contribution < -0.4 is 4.74 Å². The highest BCUT2D eigenvalue weighted by molar-refractivity contribution is 5.78. The predicted molar refractivity (Wildman–Crippen MR) is 103 cm³/mol. The molecule has 0 aromatic heterocycles. The molecule has 1 amide bonds. The van der Waals surface area contributed by atoms with Crippen molar-refractivity contribution in [1.82, 2.24) is 9.80 Å². The van der Waals surface area contributed by atoms with Crippen LogP contribution >= 0.6 is 0 Å². The first-order valence-corrected chi connectivity index (χ1v) is 9.59. The van der Waals surface area contributed by atoms with E-state index in [-0.39, 0.29) is 11.9 Å². The lowest BCUT2D eigenvalue weighted by Crippen LogP contribution is -2.42. The van der Waals surface area contributed by atoms with E-state index < -0.39 is 0 Å². The number of carbonyl (C=O) groups excluding carboxylic acids is 1. The number of nitrogens with zero attached hydrogens (tertiary/aromatic N) is 4.